The number of anilines is 1. The van der Waals surface area contributed by atoms with Crippen molar-refractivity contribution in [1.82, 2.24) is 4.90 Å². The van der Waals surface area contributed by atoms with E-state index in [1.165, 1.54) is 24.3 Å². The Morgan fingerprint density at radius 3 is 2.42 bits per heavy atom. The SMILES string of the molecule is CN1CCC/C1=N\S(=O)(=O)c1ccc(NC(=O)C2(c3cccc(F)c3)CCCC2)cc1. The van der Waals surface area contributed by atoms with Gasteiger partial charge in [-0.2, -0.15) is 8.42 Å². The molecule has 2 aliphatic rings. The molecule has 8 heteroatoms. The number of amidine groups is 1. The normalized spacial score (nSPS) is 19.7. The van der Waals surface area contributed by atoms with Crippen LogP contribution in [0, 0.1) is 5.82 Å². The number of likely N-dealkylation sites (tertiary alicyclic amines) is 1. The van der Waals surface area contributed by atoms with Gasteiger partial charge in [-0.3, -0.25) is 4.79 Å². The van der Waals surface area contributed by atoms with Crippen LogP contribution in [-0.2, 0) is 20.2 Å². The first-order valence-corrected chi connectivity index (χ1v) is 12.0. The van der Waals surface area contributed by atoms with Crippen LogP contribution >= 0.6 is 0 Å². The Balaban J connectivity index is 1.54. The molecular weight excluding hydrogens is 417 g/mol. The molecule has 0 radical (unpaired) electrons. The highest BCUT2D eigenvalue weighted by Gasteiger charge is 2.42. The maximum Gasteiger partial charge on any atom is 0.283 e. The van der Waals surface area contributed by atoms with Crippen molar-refractivity contribution in [1.29, 1.82) is 0 Å². The van der Waals surface area contributed by atoms with E-state index in [0.717, 1.165) is 25.8 Å². The van der Waals surface area contributed by atoms with E-state index >= 15 is 0 Å². The minimum absolute atomic E-state index is 0.0824. The van der Waals surface area contributed by atoms with E-state index in [1.807, 2.05) is 11.9 Å². The molecule has 0 spiro atoms. The van der Waals surface area contributed by atoms with Crippen LogP contribution in [0.25, 0.3) is 0 Å². The summed E-state index contributed by atoms with van der Waals surface area (Å²) in [4.78, 5) is 15.1. The third-order valence-corrected chi connectivity index (χ3v) is 7.56. The molecule has 2 aromatic rings. The Bertz CT molecular complexity index is 1110. The van der Waals surface area contributed by atoms with E-state index in [4.69, 9.17) is 0 Å². The second-order valence-electron chi connectivity index (χ2n) is 8.29. The minimum Gasteiger partial charge on any atom is -0.362 e. The van der Waals surface area contributed by atoms with Crippen LogP contribution in [0.2, 0.25) is 0 Å². The average Bonchev–Trinajstić information content (AvgIpc) is 3.39. The average molecular weight is 444 g/mol. The monoisotopic (exact) mass is 443 g/mol. The fourth-order valence-electron chi connectivity index (χ4n) is 4.47. The van der Waals surface area contributed by atoms with Crippen LogP contribution < -0.4 is 5.32 Å². The van der Waals surface area contributed by atoms with E-state index in [9.17, 15) is 17.6 Å². The van der Waals surface area contributed by atoms with Crippen LogP contribution in [0.5, 0.6) is 0 Å². The Morgan fingerprint density at radius 1 is 1.10 bits per heavy atom. The van der Waals surface area contributed by atoms with E-state index < -0.39 is 15.4 Å². The van der Waals surface area contributed by atoms with Crippen LogP contribution in [-0.4, -0.2) is 38.7 Å². The topological polar surface area (TPSA) is 78.8 Å². The first-order valence-electron chi connectivity index (χ1n) is 10.5. The summed E-state index contributed by atoms with van der Waals surface area (Å²) in [5.41, 5.74) is 0.404. The number of halogens is 1. The first kappa shape index (κ1) is 21.5. The highest BCUT2D eigenvalue weighted by atomic mass is 32.2. The van der Waals surface area contributed by atoms with Crippen LogP contribution in [0.4, 0.5) is 10.1 Å². The van der Waals surface area contributed by atoms with Crippen molar-refractivity contribution < 1.29 is 17.6 Å². The molecule has 164 valence electrons. The van der Waals surface area contributed by atoms with Gasteiger partial charge in [-0.1, -0.05) is 25.0 Å². The maximum absolute atomic E-state index is 13.8. The van der Waals surface area contributed by atoms with Gasteiger partial charge in [0.05, 0.1) is 10.3 Å². The van der Waals surface area contributed by atoms with Crippen molar-refractivity contribution >= 4 is 27.5 Å². The quantitative estimate of drug-likeness (QED) is 0.755. The summed E-state index contributed by atoms with van der Waals surface area (Å²) in [7, 11) is -1.97. The van der Waals surface area contributed by atoms with Crippen molar-refractivity contribution in [3.8, 4) is 0 Å². The van der Waals surface area contributed by atoms with Gasteiger partial charge < -0.3 is 10.2 Å². The predicted molar refractivity (Wildman–Crippen MR) is 118 cm³/mol. The van der Waals surface area contributed by atoms with Gasteiger partial charge in [-0.25, -0.2) is 4.39 Å². The Labute approximate surface area is 182 Å². The summed E-state index contributed by atoms with van der Waals surface area (Å²) < 4.78 is 43.0. The number of hydrogen-bond donors (Lipinski definition) is 1. The van der Waals surface area contributed by atoms with Crippen molar-refractivity contribution in [2.24, 2.45) is 4.40 Å². The molecule has 4 rings (SSSR count). The predicted octanol–water partition coefficient (Wildman–Crippen LogP) is 4.09. The molecule has 1 N–H and O–H groups in total. The zero-order chi connectivity index (χ0) is 22.1. The van der Waals surface area contributed by atoms with Gasteiger partial charge in [0.25, 0.3) is 10.0 Å². The Morgan fingerprint density at radius 2 is 1.81 bits per heavy atom. The lowest BCUT2D eigenvalue weighted by Crippen LogP contribution is -2.38. The molecule has 1 saturated carbocycles. The maximum atomic E-state index is 13.8. The number of amides is 1. The van der Waals surface area contributed by atoms with Crippen molar-refractivity contribution in [3.63, 3.8) is 0 Å². The summed E-state index contributed by atoms with van der Waals surface area (Å²) >= 11 is 0. The number of benzene rings is 2. The third kappa shape index (κ3) is 4.35. The van der Waals surface area contributed by atoms with Crippen LogP contribution in [0.3, 0.4) is 0 Å². The standard InChI is InChI=1S/C23H26FN3O3S/c1-27-15-5-8-21(27)26-31(29,30)20-11-9-19(10-12-20)25-22(28)23(13-2-3-14-23)17-6-4-7-18(24)16-17/h4,6-7,9-12,16H,2-3,5,8,13-15H2,1H3,(H,25,28)/b26-21+. The van der Waals surface area contributed by atoms with Gasteiger partial charge in [-0.05, 0) is 61.2 Å². The van der Waals surface area contributed by atoms with E-state index in [-0.39, 0.29) is 16.6 Å². The zero-order valence-electron chi connectivity index (χ0n) is 17.5. The van der Waals surface area contributed by atoms with Crippen molar-refractivity contribution in [2.75, 3.05) is 18.9 Å². The molecule has 1 amide bonds. The number of sulfonamides is 1. The molecule has 0 bridgehead atoms. The molecule has 2 fully saturated rings. The summed E-state index contributed by atoms with van der Waals surface area (Å²) in [5.74, 6) is 0.00957. The summed E-state index contributed by atoms with van der Waals surface area (Å²) in [6.45, 7) is 0.798. The fraction of sp³-hybridized carbons (Fsp3) is 0.391. The molecule has 1 saturated heterocycles. The number of rotatable bonds is 5. The van der Waals surface area contributed by atoms with Crippen LogP contribution in [0.1, 0.15) is 44.1 Å². The first-order chi connectivity index (χ1) is 14.8. The van der Waals surface area contributed by atoms with Gasteiger partial charge in [0, 0.05) is 25.7 Å². The molecular formula is C23H26FN3O3S. The lowest BCUT2D eigenvalue weighted by Gasteiger charge is -2.28. The van der Waals surface area contributed by atoms with E-state index in [2.05, 4.69) is 9.71 Å². The molecule has 1 aliphatic carbocycles. The molecule has 6 nitrogen and oxygen atoms in total. The summed E-state index contributed by atoms with van der Waals surface area (Å²) in [5, 5.41) is 2.90. The molecule has 0 atom stereocenters. The Kier molecular flexibility index (Phi) is 5.83. The largest absolute Gasteiger partial charge is 0.362 e. The molecule has 1 aliphatic heterocycles. The smallest absolute Gasteiger partial charge is 0.283 e. The van der Waals surface area contributed by atoms with E-state index in [0.29, 0.717) is 36.3 Å². The minimum atomic E-state index is -3.81. The summed E-state index contributed by atoms with van der Waals surface area (Å²) in [6, 6.07) is 12.3. The second-order valence-corrected chi connectivity index (χ2v) is 9.89. The summed E-state index contributed by atoms with van der Waals surface area (Å²) in [6.07, 6.45) is 4.64. The number of carbonyl (C=O) groups excluding carboxylic acids is 1. The molecule has 2 aromatic carbocycles. The number of hydrogen-bond acceptors (Lipinski definition) is 3. The molecule has 0 unspecified atom stereocenters. The van der Waals surface area contributed by atoms with Gasteiger partial charge in [0.15, 0.2) is 0 Å². The van der Waals surface area contributed by atoms with Gasteiger partial charge >= 0.3 is 0 Å². The lowest BCUT2D eigenvalue weighted by molar-refractivity contribution is -0.121. The highest BCUT2D eigenvalue weighted by Crippen LogP contribution is 2.42. The van der Waals surface area contributed by atoms with E-state index in [1.54, 1.807) is 24.3 Å². The number of carbonyl (C=O) groups is 1. The highest BCUT2D eigenvalue weighted by molar-refractivity contribution is 7.90. The fourth-order valence-corrected chi connectivity index (χ4v) is 5.57. The van der Waals surface area contributed by atoms with Gasteiger partial charge in [0.1, 0.15) is 11.7 Å². The molecule has 0 aromatic heterocycles. The number of nitrogens with zero attached hydrogens (tertiary/aromatic N) is 2. The zero-order valence-corrected chi connectivity index (χ0v) is 18.3. The molecule has 31 heavy (non-hydrogen) atoms. The lowest BCUT2D eigenvalue weighted by atomic mass is 9.78. The van der Waals surface area contributed by atoms with Gasteiger partial charge in [0.2, 0.25) is 5.91 Å². The van der Waals surface area contributed by atoms with Crippen LogP contribution in [0.15, 0.2) is 57.8 Å². The van der Waals surface area contributed by atoms with Crippen molar-refractivity contribution in [3.05, 3.63) is 59.9 Å². The van der Waals surface area contributed by atoms with Gasteiger partial charge in [-0.15, -0.1) is 4.40 Å². The second kappa shape index (κ2) is 8.42. The van der Waals surface area contributed by atoms with Crippen molar-refractivity contribution in [2.45, 2.75) is 48.8 Å². The number of nitrogens with one attached hydrogen (secondary N) is 1. The Hall–Kier alpha value is -2.74. The molecule has 1 heterocycles. The third-order valence-electron chi connectivity index (χ3n) is 6.24.